The van der Waals surface area contributed by atoms with Gasteiger partial charge in [-0.1, -0.05) is 13.8 Å². The predicted octanol–water partition coefficient (Wildman–Crippen LogP) is 1.46. The van der Waals surface area contributed by atoms with Gasteiger partial charge in [0.2, 0.25) is 0 Å². The first-order chi connectivity index (χ1) is 6.20. The molecule has 0 saturated carbocycles. The maximum absolute atomic E-state index is 8.88. The minimum atomic E-state index is -0.634. The summed E-state index contributed by atoms with van der Waals surface area (Å²) in [5, 5.41) is 8.88. The van der Waals surface area contributed by atoms with Crippen LogP contribution < -0.4 is 0 Å². The third-order valence-corrected chi connectivity index (χ3v) is 1.85. The second kappa shape index (κ2) is 8.48. The highest BCUT2D eigenvalue weighted by molar-refractivity contribution is 4.54. The summed E-state index contributed by atoms with van der Waals surface area (Å²) in [4.78, 5) is 2.36. The van der Waals surface area contributed by atoms with Crippen molar-refractivity contribution < 1.29 is 9.84 Å². The number of aliphatic hydroxyl groups excluding tert-OH is 1. The normalized spacial score (nSPS) is 13.6. The zero-order valence-electron chi connectivity index (χ0n) is 9.12. The summed E-state index contributed by atoms with van der Waals surface area (Å²) < 4.78 is 5.08. The number of hydrogen-bond acceptors (Lipinski definition) is 3. The number of hydrogen-bond donors (Lipinski definition) is 1. The van der Waals surface area contributed by atoms with Gasteiger partial charge in [0.05, 0.1) is 6.61 Å². The van der Waals surface area contributed by atoms with E-state index < -0.39 is 6.29 Å². The molecule has 0 spiro atoms. The van der Waals surface area contributed by atoms with Gasteiger partial charge in [0, 0.05) is 6.54 Å². The van der Waals surface area contributed by atoms with Crippen LogP contribution in [0.4, 0.5) is 0 Å². The van der Waals surface area contributed by atoms with Crippen molar-refractivity contribution in [2.75, 3.05) is 26.2 Å². The molecule has 0 bridgehead atoms. The summed E-state index contributed by atoms with van der Waals surface area (Å²) in [5.41, 5.74) is 0. The van der Waals surface area contributed by atoms with Gasteiger partial charge in [0.25, 0.3) is 0 Å². The molecule has 0 aliphatic rings. The minimum Gasteiger partial charge on any atom is -0.368 e. The Morgan fingerprint density at radius 2 is 1.69 bits per heavy atom. The molecule has 0 aromatic heterocycles. The average Bonchev–Trinajstić information content (AvgIpc) is 2.04. The van der Waals surface area contributed by atoms with Crippen molar-refractivity contribution in [2.24, 2.45) is 0 Å². The van der Waals surface area contributed by atoms with Crippen LogP contribution in [0.1, 0.15) is 33.6 Å². The summed E-state index contributed by atoms with van der Waals surface area (Å²) >= 11 is 0. The van der Waals surface area contributed by atoms with Crippen LogP contribution in [-0.4, -0.2) is 42.5 Å². The van der Waals surface area contributed by atoms with Crippen molar-refractivity contribution in [3.05, 3.63) is 0 Å². The predicted molar refractivity (Wildman–Crippen MR) is 54.7 cm³/mol. The molecule has 0 amide bonds. The highest BCUT2D eigenvalue weighted by Gasteiger charge is 2.02. The second-order valence-electron chi connectivity index (χ2n) is 3.31. The fourth-order valence-corrected chi connectivity index (χ4v) is 1.32. The lowest BCUT2D eigenvalue weighted by Gasteiger charge is -2.21. The van der Waals surface area contributed by atoms with Gasteiger partial charge in [-0.15, -0.1) is 0 Å². The monoisotopic (exact) mass is 189 g/mol. The van der Waals surface area contributed by atoms with Crippen molar-refractivity contribution in [1.82, 2.24) is 4.90 Å². The zero-order valence-corrected chi connectivity index (χ0v) is 9.12. The van der Waals surface area contributed by atoms with E-state index >= 15 is 0 Å². The van der Waals surface area contributed by atoms with Crippen LogP contribution in [0.3, 0.4) is 0 Å². The third kappa shape index (κ3) is 8.22. The lowest BCUT2D eigenvalue weighted by atomic mass is 10.3. The van der Waals surface area contributed by atoms with Crippen molar-refractivity contribution >= 4 is 0 Å². The largest absolute Gasteiger partial charge is 0.368 e. The Hall–Kier alpha value is -0.120. The maximum Gasteiger partial charge on any atom is 0.151 e. The SMILES string of the molecule is CCCN(CCC)CCOC(C)O. The summed E-state index contributed by atoms with van der Waals surface area (Å²) in [7, 11) is 0. The zero-order chi connectivity index (χ0) is 10.1. The van der Waals surface area contributed by atoms with Gasteiger partial charge in [0.1, 0.15) is 0 Å². The molecule has 0 fully saturated rings. The minimum absolute atomic E-state index is 0.623. The molecule has 1 N–H and O–H groups in total. The fraction of sp³-hybridized carbons (Fsp3) is 1.00. The molecule has 0 rings (SSSR count). The van der Waals surface area contributed by atoms with Gasteiger partial charge in [0.15, 0.2) is 6.29 Å². The maximum atomic E-state index is 8.88. The highest BCUT2D eigenvalue weighted by Crippen LogP contribution is 1.94. The molecule has 0 heterocycles. The highest BCUT2D eigenvalue weighted by atomic mass is 16.6. The molecule has 80 valence electrons. The van der Waals surface area contributed by atoms with Crippen LogP contribution in [-0.2, 0) is 4.74 Å². The molecule has 1 unspecified atom stereocenters. The molecule has 0 aliphatic carbocycles. The molecule has 3 nitrogen and oxygen atoms in total. The molecule has 0 radical (unpaired) electrons. The van der Waals surface area contributed by atoms with E-state index in [0.717, 1.165) is 19.6 Å². The number of rotatable bonds is 8. The average molecular weight is 189 g/mol. The van der Waals surface area contributed by atoms with Crippen molar-refractivity contribution in [2.45, 2.75) is 39.9 Å². The standard InChI is InChI=1S/C10H23NO2/c1-4-6-11(7-5-2)8-9-13-10(3)12/h10,12H,4-9H2,1-3H3. The van der Waals surface area contributed by atoms with Gasteiger partial charge in [-0.05, 0) is 32.9 Å². The van der Waals surface area contributed by atoms with E-state index in [1.165, 1.54) is 12.8 Å². The van der Waals surface area contributed by atoms with Crippen molar-refractivity contribution in [3.8, 4) is 0 Å². The molecule has 13 heavy (non-hydrogen) atoms. The fourth-order valence-electron chi connectivity index (χ4n) is 1.32. The van der Waals surface area contributed by atoms with Gasteiger partial charge in [-0.25, -0.2) is 0 Å². The molecule has 0 aromatic carbocycles. The Labute approximate surface area is 81.7 Å². The smallest absolute Gasteiger partial charge is 0.151 e. The first-order valence-electron chi connectivity index (χ1n) is 5.22. The summed E-state index contributed by atoms with van der Waals surface area (Å²) in [6.45, 7) is 9.79. The van der Waals surface area contributed by atoms with E-state index in [1.807, 2.05) is 0 Å². The molecular formula is C10H23NO2. The first-order valence-corrected chi connectivity index (χ1v) is 5.22. The quantitative estimate of drug-likeness (QED) is 0.587. The summed E-state index contributed by atoms with van der Waals surface area (Å²) in [6, 6.07) is 0. The lowest BCUT2D eigenvalue weighted by Crippen LogP contribution is -2.30. The van der Waals surface area contributed by atoms with E-state index in [0.29, 0.717) is 6.61 Å². The van der Waals surface area contributed by atoms with Crippen LogP contribution in [0.5, 0.6) is 0 Å². The van der Waals surface area contributed by atoms with Gasteiger partial charge >= 0.3 is 0 Å². The van der Waals surface area contributed by atoms with E-state index in [4.69, 9.17) is 9.84 Å². The number of ether oxygens (including phenoxy) is 1. The molecular weight excluding hydrogens is 166 g/mol. The van der Waals surface area contributed by atoms with Crippen LogP contribution >= 0.6 is 0 Å². The summed E-state index contributed by atoms with van der Waals surface area (Å²) in [6.07, 6.45) is 1.72. The van der Waals surface area contributed by atoms with E-state index in [-0.39, 0.29) is 0 Å². The van der Waals surface area contributed by atoms with E-state index in [9.17, 15) is 0 Å². The van der Waals surface area contributed by atoms with Crippen LogP contribution in [0, 0.1) is 0 Å². The molecule has 3 heteroatoms. The topological polar surface area (TPSA) is 32.7 Å². The Morgan fingerprint density at radius 3 is 2.08 bits per heavy atom. The van der Waals surface area contributed by atoms with Gasteiger partial charge < -0.3 is 14.7 Å². The van der Waals surface area contributed by atoms with Gasteiger partial charge in [-0.2, -0.15) is 0 Å². The molecule has 0 saturated heterocycles. The Bertz CT molecular complexity index is 101. The number of nitrogens with zero attached hydrogens (tertiary/aromatic N) is 1. The van der Waals surface area contributed by atoms with Crippen molar-refractivity contribution in [3.63, 3.8) is 0 Å². The Kier molecular flexibility index (Phi) is 8.40. The third-order valence-electron chi connectivity index (χ3n) is 1.85. The van der Waals surface area contributed by atoms with Gasteiger partial charge in [-0.3, -0.25) is 0 Å². The Morgan fingerprint density at radius 1 is 1.15 bits per heavy atom. The van der Waals surface area contributed by atoms with Crippen molar-refractivity contribution in [1.29, 1.82) is 0 Å². The molecule has 0 aliphatic heterocycles. The molecule has 0 aromatic rings. The van der Waals surface area contributed by atoms with Crippen LogP contribution in [0.25, 0.3) is 0 Å². The molecule has 1 atom stereocenters. The van der Waals surface area contributed by atoms with Crippen LogP contribution in [0.15, 0.2) is 0 Å². The lowest BCUT2D eigenvalue weighted by molar-refractivity contribution is -0.0893. The Balaban J connectivity index is 3.44. The number of aliphatic hydroxyl groups is 1. The van der Waals surface area contributed by atoms with E-state index in [2.05, 4.69) is 18.7 Å². The van der Waals surface area contributed by atoms with Crippen LogP contribution in [0.2, 0.25) is 0 Å². The second-order valence-corrected chi connectivity index (χ2v) is 3.31. The summed E-state index contributed by atoms with van der Waals surface area (Å²) in [5.74, 6) is 0. The first kappa shape index (κ1) is 12.9. The van der Waals surface area contributed by atoms with E-state index in [1.54, 1.807) is 6.92 Å².